The van der Waals surface area contributed by atoms with Crippen LogP contribution in [0, 0.1) is 0 Å². The highest BCUT2D eigenvalue weighted by Gasteiger charge is 1.95. The zero-order valence-corrected chi connectivity index (χ0v) is 13.4. The maximum atomic E-state index is 4.11. The van der Waals surface area contributed by atoms with Gasteiger partial charge in [0.15, 0.2) is 5.96 Å². The van der Waals surface area contributed by atoms with Gasteiger partial charge >= 0.3 is 0 Å². The third kappa shape index (κ3) is 7.49. The predicted octanol–water partition coefficient (Wildman–Crippen LogP) is 2.58. The van der Waals surface area contributed by atoms with Crippen molar-refractivity contribution in [1.29, 1.82) is 0 Å². The van der Waals surface area contributed by atoms with Crippen molar-refractivity contribution in [2.45, 2.75) is 11.8 Å². The lowest BCUT2D eigenvalue weighted by atomic mass is 10.4. The zero-order valence-electron chi connectivity index (χ0n) is 10.3. The Bertz CT molecular complexity index is 317. The summed E-state index contributed by atoms with van der Waals surface area (Å²) in [5.74, 6) is 1.91. The fraction of sp³-hybridized carbons (Fsp3) is 0.417. The number of nitrogens with zero attached hydrogens (tertiary/aromatic N) is 1. The molecule has 0 bridgehead atoms. The Morgan fingerprint density at radius 3 is 2.53 bits per heavy atom. The molecule has 2 N–H and O–H groups in total. The van der Waals surface area contributed by atoms with Gasteiger partial charge in [0.1, 0.15) is 0 Å². The Morgan fingerprint density at radius 2 is 1.94 bits per heavy atom. The number of rotatable bonds is 5. The average molecular weight is 365 g/mol. The second-order valence-corrected chi connectivity index (χ2v) is 4.36. The molecule has 3 nitrogen and oxygen atoms in total. The van der Waals surface area contributed by atoms with Crippen molar-refractivity contribution in [3.05, 3.63) is 30.3 Å². The first-order valence-corrected chi connectivity index (χ1v) is 6.47. The second kappa shape index (κ2) is 10.7. The molecule has 0 spiro atoms. The van der Waals surface area contributed by atoms with E-state index in [-0.39, 0.29) is 24.0 Å². The molecular weight excluding hydrogens is 345 g/mol. The molecule has 17 heavy (non-hydrogen) atoms. The number of hydrogen-bond acceptors (Lipinski definition) is 2. The largest absolute Gasteiger partial charge is 0.357 e. The maximum absolute atomic E-state index is 4.11. The molecule has 0 saturated carbocycles. The number of halogens is 1. The van der Waals surface area contributed by atoms with Gasteiger partial charge in [-0.3, -0.25) is 4.99 Å². The van der Waals surface area contributed by atoms with Crippen molar-refractivity contribution >= 4 is 41.7 Å². The van der Waals surface area contributed by atoms with Gasteiger partial charge in [0.05, 0.1) is 0 Å². The van der Waals surface area contributed by atoms with E-state index in [1.165, 1.54) is 4.90 Å². The van der Waals surface area contributed by atoms with Crippen LogP contribution in [-0.4, -0.2) is 31.8 Å². The van der Waals surface area contributed by atoms with Crippen LogP contribution in [0.4, 0.5) is 0 Å². The van der Waals surface area contributed by atoms with Gasteiger partial charge in [0.25, 0.3) is 0 Å². The lowest BCUT2D eigenvalue weighted by Gasteiger charge is -2.09. The Labute approximate surface area is 125 Å². The number of thioether (sulfide) groups is 1. The molecular formula is C12H20IN3S. The van der Waals surface area contributed by atoms with E-state index < -0.39 is 0 Å². The first-order valence-electron chi connectivity index (χ1n) is 5.49. The quantitative estimate of drug-likeness (QED) is 0.277. The summed E-state index contributed by atoms with van der Waals surface area (Å²) in [6.07, 6.45) is 0. The van der Waals surface area contributed by atoms with Gasteiger partial charge in [-0.15, -0.1) is 35.7 Å². The number of aliphatic imine (C=N–C) groups is 1. The van der Waals surface area contributed by atoms with E-state index in [4.69, 9.17) is 0 Å². The third-order valence-electron chi connectivity index (χ3n) is 1.97. The van der Waals surface area contributed by atoms with Crippen LogP contribution in [0.2, 0.25) is 0 Å². The Hall–Kier alpha value is -0.430. The minimum absolute atomic E-state index is 0. The highest BCUT2D eigenvalue weighted by Crippen LogP contribution is 2.15. The van der Waals surface area contributed by atoms with Crippen LogP contribution in [-0.2, 0) is 0 Å². The maximum Gasteiger partial charge on any atom is 0.190 e. The summed E-state index contributed by atoms with van der Waals surface area (Å²) in [5, 5.41) is 6.42. The summed E-state index contributed by atoms with van der Waals surface area (Å²) < 4.78 is 0. The summed E-state index contributed by atoms with van der Waals surface area (Å²) in [7, 11) is 1.79. The van der Waals surface area contributed by atoms with Gasteiger partial charge in [-0.05, 0) is 19.1 Å². The van der Waals surface area contributed by atoms with E-state index in [9.17, 15) is 0 Å². The van der Waals surface area contributed by atoms with E-state index in [2.05, 4.69) is 46.8 Å². The molecule has 0 aliphatic rings. The third-order valence-corrected chi connectivity index (χ3v) is 2.99. The van der Waals surface area contributed by atoms with E-state index in [0.717, 1.165) is 24.8 Å². The molecule has 0 saturated heterocycles. The molecule has 0 unspecified atom stereocenters. The molecule has 1 rings (SSSR count). The lowest BCUT2D eigenvalue weighted by molar-refractivity contribution is 0.860. The van der Waals surface area contributed by atoms with Gasteiger partial charge in [-0.1, -0.05) is 18.2 Å². The summed E-state index contributed by atoms with van der Waals surface area (Å²) in [6.45, 7) is 3.87. The molecule has 0 atom stereocenters. The molecule has 5 heteroatoms. The fourth-order valence-corrected chi connectivity index (χ4v) is 2.03. The van der Waals surface area contributed by atoms with Crippen LogP contribution >= 0.6 is 35.7 Å². The molecule has 0 amide bonds. The minimum Gasteiger partial charge on any atom is -0.357 e. The first kappa shape index (κ1) is 16.6. The molecule has 96 valence electrons. The molecule has 1 aromatic carbocycles. The number of benzene rings is 1. The van der Waals surface area contributed by atoms with E-state index in [1.54, 1.807) is 7.05 Å². The van der Waals surface area contributed by atoms with Gasteiger partial charge in [-0.25, -0.2) is 0 Å². The SMILES string of the molecule is CCNC(=NC)NCCSc1ccccc1.I. The highest BCUT2D eigenvalue weighted by molar-refractivity contribution is 14.0. The monoisotopic (exact) mass is 365 g/mol. The lowest BCUT2D eigenvalue weighted by Crippen LogP contribution is -2.38. The Kier molecular flexibility index (Phi) is 10.4. The first-order chi connectivity index (χ1) is 7.86. The van der Waals surface area contributed by atoms with Crippen LogP contribution < -0.4 is 10.6 Å². The normalized spacial score (nSPS) is 10.6. The summed E-state index contributed by atoms with van der Waals surface area (Å²) >= 11 is 1.85. The van der Waals surface area contributed by atoms with Gasteiger partial charge in [0, 0.05) is 30.8 Å². The van der Waals surface area contributed by atoms with Gasteiger partial charge in [-0.2, -0.15) is 0 Å². The highest BCUT2D eigenvalue weighted by atomic mass is 127. The number of hydrogen-bond donors (Lipinski definition) is 2. The summed E-state index contributed by atoms with van der Waals surface area (Å²) in [6, 6.07) is 10.4. The van der Waals surface area contributed by atoms with Crippen LogP contribution in [0.15, 0.2) is 40.2 Å². The predicted molar refractivity (Wildman–Crippen MR) is 87.6 cm³/mol. The van der Waals surface area contributed by atoms with Gasteiger partial charge in [0.2, 0.25) is 0 Å². The van der Waals surface area contributed by atoms with Crippen molar-refractivity contribution in [1.82, 2.24) is 10.6 Å². The average Bonchev–Trinajstić information content (AvgIpc) is 2.34. The number of nitrogens with one attached hydrogen (secondary N) is 2. The van der Waals surface area contributed by atoms with Crippen molar-refractivity contribution in [2.75, 3.05) is 25.9 Å². The van der Waals surface area contributed by atoms with Crippen molar-refractivity contribution in [3.8, 4) is 0 Å². The van der Waals surface area contributed by atoms with E-state index in [1.807, 2.05) is 17.8 Å². The Morgan fingerprint density at radius 1 is 1.24 bits per heavy atom. The minimum atomic E-state index is 0. The van der Waals surface area contributed by atoms with Crippen molar-refractivity contribution in [3.63, 3.8) is 0 Å². The van der Waals surface area contributed by atoms with Crippen LogP contribution in [0.25, 0.3) is 0 Å². The smallest absolute Gasteiger partial charge is 0.190 e. The molecule has 0 heterocycles. The Balaban J connectivity index is 0.00000256. The van der Waals surface area contributed by atoms with Crippen LogP contribution in [0.5, 0.6) is 0 Å². The molecule has 0 aromatic heterocycles. The fourth-order valence-electron chi connectivity index (χ4n) is 1.24. The molecule has 0 aliphatic heterocycles. The topological polar surface area (TPSA) is 36.4 Å². The van der Waals surface area contributed by atoms with E-state index in [0.29, 0.717) is 0 Å². The molecule has 0 aliphatic carbocycles. The standard InChI is InChI=1S/C12H19N3S.HI/c1-3-14-12(13-2)15-9-10-16-11-7-5-4-6-8-11;/h4-8H,3,9-10H2,1-2H3,(H2,13,14,15);1H. The van der Waals surface area contributed by atoms with Crippen molar-refractivity contribution in [2.24, 2.45) is 4.99 Å². The summed E-state index contributed by atoms with van der Waals surface area (Å²) in [5.41, 5.74) is 0. The van der Waals surface area contributed by atoms with Gasteiger partial charge < -0.3 is 10.6 Å². The molecule has 0 radical (unpaired) electrons. The van der Waals surface area contributed by atoms with Crippen molar-refractivity contribution < 1.29 is 0 Å². The summed E-state index contributed by atoms with van der Waals surface area (Å²) in [4.78, 5) is 5.42. The van der Waals surface area contributed by atoms with Crippen LogP contribution in [0.1, 0.15) is 6.92 Å². The zero-order chi connectivity index (χ0) is 11.6. The molecule has 1 aromatic rings. The number of guanidine groups is 1. The van der Waals surface area contributed by atoms with E-state index >= 15 is 0 Å². The second-order valence-electron chi connectivity index (χ2n) is 3.19. The van der Waals surface area contributed by atoms with Crippen LogP contribution in [0.3, 0.4) is 0 Å². The molecule has 0 fully saturated rings.